The maximum absolute atomic E-state index is 12.3. The first-order valence-electron chi connectivity index (χ1n) is 6.07. The molecule has 1 amide bonds. The van der Waals surface area contributed by atoms with Crippen molar-refractivity contribution in [1.29, 1.82) is 5.26 Å². The molecule has 0 aliphatic rings. The summed E-state index contributed by atoms with van der Waals surface area (Å²) in [7, 11) is 1.69. The van der Waals surface area contributed by atoms with Gasteiger partial charge in [-0.1, -0.05) is 12.1 Å². The van der Waals surface area contributed by atoms with Crippen LogP contribution in [0.4, 0.5) is 5.82 Å². The minimum absolute atomic E-state index is 0.196. The summed E-state index contributed by atoms with van der Waals surface area (Å²) >= 11 is 0. The number of hydrogen-bond donors (Lipinski definition) is 1. The van der Waals surface area contributed by atoms with Gasteiger partial charge < -0.3 is 10.6 Å². The van der Waals surface area contributed by atoms with Crippen LogP contribution >= 0.6 is 0 Å². The number of anilines is 1. The Balaban J connectivity index is 2.16. The number of pyridine rings is 1. The van der Waals surface area contributed by atoms with E-state index in [9.17, 15) is 4.79 Å². The summed E-state index contributed by atoms with van der Waals surface area (Å²) in [6.45, 7) is 0.405. The van der Waals surface area contributed by atoms with Crippen LogP contribution < -0.4 is 5.73 Å². The summed E-state index contributed by atoms with van der Waals surface area (Å²) in [4.78, 5) is 17.7. The van der Waals surface area contributed by atoms with Crippen LogP contribution in [-0.4, -0.2) is 22.8 Å². The van der Waals surface area contributed by atoms with Crippen molar-refractivity contribution in [3.8, 4) is 6.07 Å². The lowest BCUT2D eigenvalue weighted by molar-refractivity contribution is 0.0786. The predicted octanol–water partition coefficient (Wildman–Crippen LogP) is 1.81. The molecule has 0 bridgehead atoms. The van der Waals surface area contributed by atoms with E-state index >= 15 is 0 Å². The van der Waals surface area contributed by atoms with E-state index in [1.165, 1.54) is 0 Å². The van der Waals surface area contributed by atoms with Gasteiger partial charge in [0.2, 0.25) is 0 Å². The number of carbonyl (C=O) groups excluding carboxylic acids is 1. The number of aromatic nitrogens is 1. The zero-order valence-corrected chi connectivity index (χ0v) is 11.1. The second-order valence-corrected chi connectivity index (χ2v) is 4.41. The van der Waals surface area contributed by atoms with E-state index in [1.807, 2.05) is 6.07 Å². The minimum atomic E-state index is -0.196. The number of carbonyl (C=O) groups is 1. The Morgan fingerprint density at radius 1 is 1.40 bits per heavy atom. The number of benzene rings is 1. The van der Waals surface area contributed by atoms with Crippen molar-refractivity contribution in [3.05, 3.63) is 59.3 Å². The largest absolute Gasteiger partial charge is 0.383 e. The van der Waals surface area contributed by atoms with Crippen molar-refractivity contribution in [1.82, 2.24) is 9.88 Å². The molecule has 0 atom stereocenters. The van der Waals surface area contributed by atoms with Gasteiger partial charge in [0.05, 0.1) is 17.2 Å². The van der Waals surface area contributed by atoms with Gasteiger partial charge in [-0.25, -0.2) is 4.98 Å². The summed E-state index contributed by atoms with van der Waals surface area (Å²) < 4.78 is 0. The molecule has 0 aliphatic heterocycles. The van der Waals surface area contributed by atoms with Gasteiger partial charge in [-0.05, 0) is 29.8 Å². The van der Waals surface area contributed by atoms with Crippen molar-refractivity contribution < 1.29 is 4.79 Å². The van der Waals surface area contributed by atoms with E-state index < -0.39 is 0 Å². The zero-order valence-electron chi connectivity index (χ0n) is 11.1. The Morgan fingerprint density at radius 2 is 2.20 bits per heavy atom. The maximum Gasteiger partial charge on any atom is 0.257 e. The van der Waals surface area contributed by atoms with Gasteiger partial charge in [-0.2, -0.15) is 5.26 Å². The lowest BCUT2D eigenvalue weighted by Gasteiger charge is -2.18. The lowest BCUT2D eigenvalue weighted by atomic mass is 10.1. The van der Waals surface area contributed by atoms with Crippen molar-refractivity contribution in [2.75, 3.05) is 12.8 Å². The molecule has 5 nitrogen and oxygen atoms in total. The number of nitrogens with two attached hydrogens (primary N) is 1. The molecule has 2 rings (SSSR count). The highest BCUT2D eigenvalue weighted by Crippen LogP contribution is 2.13. The summed E-state index contributed by atoms with van der Waals surface area (Å²) in [5.41, 5.74) is 7.54. The number of hydrogen-bond acceptors (Lipinski definition) is 4. The summed E-state index contributed by atoms with van der Waals surface area (Å²) in [6, 6.07) is 12.6. The first kappa shape index (κ1) is 13.6. The van der Waals surface area contributed by atoms with E-state index in [-0.39, 0.29) is 11.7 Å². The second kappa shape index (κ2) is 5.85. The van der Waals surface area contributed by atoms with E-state index in [2.05, 4.69) is 11.1 Å². The highest BCUT2D eigenvalue weighted by Gasteiger charge is 2.15. The molecule has 100 valence electrons. The van der Waals surface area contributed by atoms with Gasteiger partial charge in [0.25, 0.3) is 5.91 Å². The molecule has 20 heavy (non-hydrogen) atoms. The number of nitrogen functional groups attached to an aromatic ring is 1. The molecule has 2 aromatic rings. The van der Waals surface area contributed by atoms with Crippen molar-refractivity contribution in [3.63, 3.8) is 0 Å². The molecule has 1 aromatic carbocycles. The summed E-state index contributed by atoms with van der Waals surface area (Å²) in [6.07, 6.45) is 1.54. The third-order valence-corrected chi connectivity index (χ3v) is 2.89. The zero-order chi connectivity index (χ0) is 14.5. The molecule has 0 saturated heterocycles. The van der Waals surface area contributed by atoms with Crippen LogP contribution in [-0.2, 0) is 6.54 Å². The van der Waals surface area contributed by atoms with Crippen molar-refractivity contribution in [2.24, 2.45) is 0 Å². The monoisotopic (exact) mass is 266 g/mol. The average Bonchev–Trinajstić information content (AvgIpc) is 2.47. The molecule has 5 heteroatoms. The van der Waals surface area contributed by atoms with E-state index in [0.29, 0.717) is 17.7 Å². The fraction of sp³-hybridized carbons (Fsp3) is 0.133. The molecular formula is C15H14N4O. The first-order chi connectivity index (χ1) is 9.61. The fourth-order valence-electron chi connectivity index (χ4n) is 1.89. The maximum atomic E-state index is 12.3. The Kier molecular flexibility index (Phi) is 3.96. The number of nitriles is 1. The number of rotatable bonds is 3. The van der Waals surface area contributed by atoms with Gasteiger partial charge in [-0.3, -0.25) is 4.79 Å². The highest BCUT2D eigenvalue weighted by atomic mass is 16.2. The van der Waals surface area contributed by atoms with Crippen molar-refractivity contribution >= 4 is 11.7 Å². The van der Waals surface area contributed by atoms with E-state index in [4.69, 9.17) is 11.0 Å². The van der Waals surface area contributed by atoms with Crippen LogP contribution in [0.5, 0.6) is 0 Å². The molecule has 0 fully saturated rings. The molecule has 1 heterocycles. The van der Waals surface area contributed by atoms with Gasteiger partial charge in [-0.15, -0.1) is 0 Å². The Labute approximate surface area is 117 Å². The second-order valence-electron chi connectivity index (χ2n) is 4.41. The highest BCUT2D eigenvalue weighted by molar-refractivity contribution is 5.98. The lowest BCUT2D eigenvalue weighted by Crippen LogP contribution is -2.27. The quantitative estimate of drug-likeness (QED) is 0.918. The number of nitrogens with zero attached hydrogens (tertiary/aromatic N) is 3. The van der Waals surface area contributed by atoms with Gasteiger partial charge in [0, 0.05) is 19.8 Å². The normalized spacial score (nSPS) is 9.80. The van der Waals surface area contributed by atoms with Crippen LogP contribution in [0.3, 0.4) is 0 Å². The van der Waals surface area contributed by atoms with Crippen LogP contribution in [0.15, 0.2) is 42.6 Å². The molecule has 0 saturated carbocycles. The van der Waals surface area contributed by atoms with Gasteiger partial charge in [0.1, 0.15) is 5.82 Å². The van der Waals surface area contributed by atoms with Crippen molar-refractivity contribution in [2.45, 2.75) is 6.54 Å². The van der Waals surface area contributed by atoms with Crippen LogP contribution in [0.25, 0.3) is 0 Å². The minimum Gasteiger partial charge on any atom is -0.383 e. The molecule has 1 aromatic heterocycles. The van der Waals surface area contributed by atoms with Crippen LogP contribution in [0, 0.1) is 11.3 Å². The number of amides is 1. The Hall–Kier alpha value is -2.87. The fourth-order valence-corrected chi connectivity index (χ4v) is 1.89. The van der Waals surface area contributed by atoms with Crippen LogP contribution in [0.1, 0.15) is 21.5 Å². The molecule has 0 radical (unpaired) electrons. The predicted molar refractivity (Wildman–Crippen MR) is 75.6 cm³/mol. The molecule has 0 spiro atoms. The molecule has 0 unspecified atom stereocenters. The average molecular weight is 266 g/mol. The molecular weight excluding hydrogens is 252 g/mol. The van der Waals surface area contributed by atoms with E-state index in [1.54, 1.807) is 48.5 Å². The topological polar surface area (TPSA) is 83.0 Å². The Morgan fingerprint density at radius 3 is 2.90 bits per heavy atom. The first-order valence-corrected chi connectivity index (χ1v) is 6.07. The third-order valence-electron chi connectivity index (χ3n) is 2.89. The summed E-state index contributed by atoms with van der Waals surface area (Å²) in [5.74, 6) is 0.0214. The summed E-state index contributed by atoms with van der Waals surface area (Å²) in [5, 5.41) is 8.86. The van der Waals surface area contributed by atoms with E-state index in [0.717, 1.165) is 5.56 Å². The van der Waals surface area contributed by atoms with Gasteiger partial charge >= 0.3 is 0 Å². The smallest absolute Gasteiger partial charge is 0.257 e. The Bertz CT molecular complexity index is 676. The standard InChI is InChI=1S/C15H14N4O/c1-19(10-12-5-2-4-11(8-12)9-16)15(20)13-6-3-7-18-14(13)17/h2-8H,10H2,1H3,(H2,17,18). The third kappa shape index (κ3) is 2.93. The van der Waals surface area contributed by atoms with Gasteiger partial charge in [0.15, 0.2) is 0 Å². The molecule has 2 N–H and O–H groups in total. The van der Waals surface area contributed by atoms with Crippen LogP contribution in [0.2, 0.25) is 0 Å². The molecule has 0 aliphatic carbocycles. The SMILES string of the molecule is CN(Cc1cccc(C#N)c1)C(=O)c1cccnc1N.